The fourth-order valence-corrected chi connectivity index (χ4v) is 2.30. The first-order valence-corrected chi connectivity index (χ1v) is 7.34. The number of benzene rings is 1. The van der Waals surface area contributed by atoms with Gasteiger partial charge in [0.1, 0.15) is 17.8 Å². The number of furan rings is 1. The zero-order valence-corrected chi connectivity index (χ0v) is 13.1. The van der Waals surface area contributed by atoms with Gasteiger partial charge in [0.25, 0.3) is 0 Å². The van der Waals surface area contributed by atoms with E-state index in [4.69, 9.17) is 10.2 Å². The fraction of sp³-hybridized carbons (Fsp3) is 0.176. The van der Waals surface area contributed by atoms with E-state index < -0.39 is 0 Å². The molecule has 2 heterocycles. The zero-order valence-electron chi connectivity index (χ0n) is 13.1. The van der Waals surface area contributed by atoms with Crippen molar-refractivity contribution >= 4 is 23.0 Å². The van der Waals surface area contributed by atoms with Crippen molar-refractivity contribution in [1.82, 2.24) is 9.97 Å². The molecular formula is C17H19N5O. The number of nitrogens with one attached hydrogen (secondary N) is 2. The van der Waals surface area contributed by atoms with Gasteiger partial charge in [0.2, 0.25) is 0 Å². The Kier molecular flexibility index (Phi) is 4.14. The van der Waals surface area contributed by atoms with Crippen LogP contribution in [0.5, 0.6) is 0 Å². The van der Waals surface area contributed by atoms with E-state index in [2.05, 4.69) is 33.6 Å². The van der Waals surface area contributed by atoms with Gasteiger partial charge in [0.15, 0.2) is 11.6 Å². The summed E-state index contributed by atoms with van der Waals surface area (Å²) in [5, 5.41) is 6.42. The second-order valence-electron chi connectivity index (χ2n) is 5.36. The molecule has 0 fully saturated rings. The molecule has 0 saturated heterocycles. The molecule has 0 spiro atoms. The number of aromatic nitrogens is 2. The number of hydrogen-bond acceptors (Lipinski definition) is 6. The Labute approximate surface area is 134 Å². The summed E-state index contributed by atoms with van der Waals surface area (Å²) in [5.41, 5.74) is 9.96. The van der Waals surface area contributed by atoms with E-state index in [-0.39, 0.29) is 0 Å². The smallest absolute Gasteiger partial charge is 0.159 e. The first kappa shape index (κ1) is 14.9. The lowest BCUT2D eigenvalue weighted by molar-refractivity contribution is 0.518. The van der Waals surface area contributed by atoms with Crippen LogP contribution in [-0.2, 0) is 6.54 Å². The van der Waals surface area contributed by atoms with E-state index in [1.807, 2.05) is 31.2 Å². The predicted octanol–water partition coefficient (Wildman–Crippen LogP) is 3.62. The number of nitrogens with two attached hydrogens (primary N) is 1. The molecule has 6 heteroatoms. The van der Waals surface area contributed by atoms with Crippen LogP contribution in [0.15, 0.2) is 47.3 Å². The molecule has 0 amide bonds. The van der Waals surface area contributed by atoms with Gasteiger partial charge in [0.05, 0.1) is 12.8 Å². The molecule has 3 rings (SSSR count). The van der Waals surface area contributed by atoms with Crippen molar-refractivity contribution in [2.24, 2.45) is 0 Å². The lowest BCUT2D eigenvalue weighted by Gasteiger charge is -2.13. The van der Waals surface area contributed by atoms with Crippen LogP contribution in [-0.4, -0.2) is 9.97 Å². The number of nitrogens with zero attached hydrogens (tertiary/aromatic N) is 2. The molecule has 4 N–H and O–H groups in total. The number of anilines is 4. The SMILES string of the molecule is Cc1ccc(Nc2ncnc(NCc3ccco3)c2N)c(C)c1. The van der Waals surface area contributed by atoms with E-state index in [9.17, 15) is 0 Å². The van der Waals surface area contributed by atoms with Gasteiger partial charge < -0.3 is 20.8 Å². The summed E-state index contributed by atoms with van der Waals surface area (Å²) in [6.45, 7) is 4.62. The molecule has 0 aliphatic carbocycles. The summed E-state index contributed by atoms with van der Waals surface area (Å²) in [7, 11) is 0. The highest BCUT2D eigenvalue weighted by Crippen LogP contribution is 2.27. The van der Waals surface area contributed by atoms with Crippen LogP contribution in [0.4, 0.5) is 23.0 Å². The highest BCUT2D eigenvalue weighted by atomic mass is 16.3. The van der Waals surface area contributed by atoms with Crippen LogP contribution in [0.3, 0.4) is 0 Å². The largest absolute Gasteiger partial charge is 0.467 e. The first-order valence-electron chi connectivity index (χ1n) is 7.34. The minimum absolute atomic E-state index is 0.471. The fourth-order valence-electron chi connectivity index (χ4n) is 2.30. The number of aryl methyl sites for hydroxylation is 2. The highest BCUT2D eigenvalue weighted by Gasteiger charge is 2.09. The van der Waals surface area contributed by atoms with Gasteiger partial charge in [0, 0.05) is 5.69 Å². The molecule has 0 bridgehead atoms. The van der Waals surface area contributed by atoms with Crippen molar-refractivity contribution in [2.75, 3.05) is 16.4 Å². The summed E-state index contributed by atoms with van der Waals surface area (Å²) in [6, 6.07) is 9.90. The van der Waals surface area contributed by atoms with Gasteiger partial charge in [-0.05, 0) is 37.6 Å². The third kappa shape index (κ3) is 3.42. The van der Waals surface area contributed by atoms with Crippen molar-refractivity contribution in [2.45, 2.75) is 20.4 Å². The average Bonchev–Trinajstić information content (AvgIpc) is 3.04. The van der Waals surface area contributed by atoms with Gasteiger partial charge in [-0.25, -0.2) is 9.97 Å². The van der Waals surface area contributed by atoms with E-state index in [0.29, 0.717) is 23.9 Å². The third-order valence-corrected chi connectivity index (χ3v) is 3.53. The van der Waals surface area contributed by atoms with Crippen LogP contribution < -0.4 is 16.4 Å². The maximum Gasteiger partial charge on any atom is 0.159 e. The molecule has 0 aliphatic heterocycles. The monoisotopic (exact) mass is 309 g/mol. The normalized spacial score (nSPS) is 10.5. The Balaban J connectivity index is 1.78. The van der Waals surface area contributed by atoms with Gasteiger partial charge in [-0.2, -0.15) is 0 Å². The van der Waals surface area contributed by atoms with Crippen LogP contribution in [0.25, 0.3) is 0 Å². The topological polar surface area (TPSA) is 89.0 Å². The summed E-state index contributed by atoms with van der Waals surface area (Å²) in [4.78, 5) is 8.42. The van der Waals surface area contributed by atoms with Crippen molar-refractivity contribution in [3.05, 3.63) is 59.8 Å². The predicted molar refractivity (Wildman–Crippen MR) is 91.7 cm³/mol. The standard InChI is InChI=1S/C17H19N5O/c1-11-5-6-14(12(2)8-11)22-17-15(18)16(20-10-21-17)19-9-13-4-3-7-23-13/h3-8,10H,9,18H2,1-2H3,(H2,19,20,21,22). The Hall–Kier alpha value is -3.02. The van der Waals surface area contributed by atoms with Gasteiger partial charge in [-0.15, -0.1) is 0 Å². The van der Waals surface area contributed by atoms with Crippen LogP contribution in [0.2, 0.25) is 0 Å². The Morgan fingerprint density at radius 1 is 1.13 bits per heavy atom. The van der Waals surface area contributed by atoms with E-state index in [1.54, 1.807) is 6.26 Å². The van der Waals surface area contributed by atoms with Crippen LogP contribution in [0, 0.1) is 13.8 Å². The molecule has 3 aromatic rings. The maximum atomic E-state index is 6.17. The third-order valence-electron chi connectivity index (χ3n) is 3.53. The molecular weight excluding hydrogens is 290 g/mol. The summed E-state index contributed by atoms with van der Waals surface area (Å²) < 4.78 is 5.29. The molecule has 0 saturated carbocycles. The van der Waals surface area contributed by atoms with E-state index in [0.717, 1.165) is 17.0 Å². The van der Waals surface area contributed by atoms with Crippen LogP contribution >= 0.6 is 0 Å². The van der Waals surface area contributed by atoms with Gasteiger partial charge in [-0.1, -0.05) is 17.7 Å². The molecule has 1 aromatic carbocycles. The maximum absolute atomic E-state index is 6.17. The lowest BCUT2D eigenvalue weighted by Crippen LogP contribution is -2.08. The number of nitrogen functional groups attached to an aromatic ring is 1. The highest BCUT2D eigenvalue weighted by molar-refractivity contribution is 5.78. The van der Waals surface area contributed by atoms with E-state index in [1.165, 1.54) is 11.9 Å². The molecule has 23 heavy (non-hydrogen) atoms. The minimum Gasteiger partial charge on any atom is -0.467 e. The number of rotatable bonds is 5. The Bertz CT molecular complexity index is 799. The summed E-state index contributed by atoms with van der Waals surface area (Å²) in [5.74, 6) is 1.96. The van der Waals surface area contributed by atoms with Crippen LogP contribution in [0.1, 0.15) is 16.9 Å². The molecule has 2 aromatic heterocycles. The van der Waals surface area contributed by atoms with Crippen molar-refractivity contribution < 1.29 is 4.42 Å². The molecule has 0 radical (unpaired) electrons. The first-order chi connectivity index (χ1) is 11.1. The molecule has 6 nitrogen and oxygen atoms in total. The molecule has 0 unspecified atom stereocenters. The quantitative estimate of drug-likeness (QED) is 0.667. The minimum atomic E-state index is 0.471. The zero-order chi connectivity index (χ0) is 16.2. The summed E-state index contributed by atoms with van der Waals surface area (Å²) in [6.07, 6.45) is 3.11. The Morgan fingerprint density at radius 2 is 1.96 bits per heavy atom. The average molecular weight is 309 g/mol. The van der Waals surface area contributed by atoms with Crippen molar-refractivity contribution in [3.8, 4) is 0 Å². The molecule has 118 valence electrons. The Morgan fingerprint density at radius 3 is 2.70 bits per heavy atom. The second kappa shape index (κ2) is 6.39. The van der Waals surface area contributed by atoms with Gasteiger partial charge >= 0.3 is 0 Å². The number of hydrogen-bond donors (Lipinski definition) is 3. The van der Waals surface area contributed by atoms with E-state index >= 15 is 0 Å². The summed E-state index contributed by atoms with van der Waals surface area (Å²) >= 11 is 0. The van der Waals surface area contributed by atoms with Crippen molar-refractivity contribution in [1.29, 1.82) is 0 Å². The molecule has 0 aliphatic rings. The van der Waals surface area contributed by atoms with Gasteiger partial charge in [-0.3, -0.25) is 0 Å². The second-order valence-corrected chi connectivity index (χ2v) is 5.36. The molecule has 0 atom stereocenters. The lowest BCUT2D eigenvalue weighted by atomic mass is 10.1. The van der Waals surface area contributed by atoms with Crippen molar-refractivity contribution in [3.63, 3.8) is 0 Å².